The minimum Gasteiger partial charge on any atom is -0.247 e. The maximum absolute atomic E-state index is 12.6. The average Bonchev–Trinajstić information content (AvgIpc) is 2.57. The molecule has 0 amide bonds. The van der Waals surface area contributed by atoms with Crippen molar-refractivity contribution in [2.24, 2.45) is 0 Å². The van der Waals surface area contributed by atoms with Crippen molar-refractivity contribution in [3.05, 3.63) is 31.5 Å². The molecule has 0 aliphatic carbocycles. The molecule has 1 rings (SSSR count). The van der Waals surface area contributed by atoms with Gasteiger partial charge < -0.3 is 0 Å². The van der Waals surface area contributed by atoms with Gasteiger partial charge in [-0.2, -0.15) is 0 Å². The predicted molar refractivity (Wildman–Crippen MR) is 108 cm³/mol. The summed E-state index contributed by atoms with van der Waals surface area (Å²) in [6.07, 6.45) is 4.79. The van der Waals surface area contributed by atoms with Gasteiger partial charge in [0.2, 0.25) is 0 Å². The van der Waals surface area contributed by atoms with E-state index in [1.54, 1.807) is 0 Å². The molecule has 0 saturated carbocycles. The van der Waals surface area contributed by atoms with Gasteiger partial charge in [-0.3, -0.25) is 0 Å². The van der Waals surface area contributed by atoms with Crippen LogP contribution in [-0.2, 0) is 19.6 Å². The summed E-state index contributed by atoms with van der Waals surface area (Å²) in [7, 11) is 0. The molecule has 138 valence electrons. The van der Waals surface area contributed by atoms with Crippen LogP contribution in [0.3, 0.4) is 0 Å². The van der Waals surface area contributed by atoms with Crippen LogP contribution in [0.4, 0.5) is 0 Å². The molecule has 0 aliphatic rings. The molecule has 1 heterocycles. The van der Waals surface area contributed by atoms with Crippen molar-refractivity contribution in [3.63, 3.8) is 0 Å². The van der Waals surface area contributed by atoms with Gasteiger partial charge in [0.15, 0.2) is 0 Å². The Balaban J connectivity index is 3.22. The first-order chi connectivity index (χ1) is 11.6. The molecule has 0 fully saturated rings. The van der Waals surface area contributed by atoms with E-state index in [9.17, 15) is 14.4 Å². The van der Waals surface area contributed by atoms with Crippen LogP contribution in [0.25, 0.3) is 0 Å². The lowest BCUT2D eigenvalue weighted by Crippen LogP contribution is -2.54. The van der Waals surface area contributed by atoms with Crippen molar-refractivity contribution in [3.8, 4) is 0 Å². The van der Waals surface area contributed by atoms with E-state index in [0.29, 0.717) is 19.6 Å². The Kier molecular flexibility index (Phi) is 11.2. The van der Waals surface area contributed by atoms with E-state index in [0.717, 1.165) is 54.5 Å². The molecule has 0 aromatic carbocycles. The molecular weight excluding hydrogens is 510 g/mol. The largest absolute Gasteiger partial charge is 0.336 e. The van der Waals surface area contributed by atoms with Crippen molar-refractivity contribution in [1.29, 1.82) is 0 Å². The molecule has 6 nitrogen and oxygen atoms in total. The first kappa shape index (κ1) is 21.9. The lowest BCUT2D eigenvalue weighted by Gasteiger charge is -2.13. The zero-order valence-corrected chi connectivity index (χ0v) is 18.4. The van der Waals surface area contributed by atoms with Gasteiger partial charge in [0, 0.05) is 35.6 Å². The van der Waals surface area contributed by atoms with Gasteiger partial charge in [-0.05, 0) is 38.5 Å². The Morgan fingerprint density at radius 1 is 0.500 bits per heavy atom. The summed E-state index contributed by atoms with van der Waals surface area (Å²) in [6, 6.07) is 0. The third-order valence-corrected chi connectivity index (χ3v) is 5.36. The van der Waals surface area contributed by atoms with E-state index in [1.165, 1.54) is 13.7 Å². The van der Waals surface area contributed by atoms with Gasteiger partial charge in [-0.25, -0.2) is 28.1 Å². The second-order valence-corrected chi connectivity index (χ2v) is 7.87. The predicted octanol–water partition coefficient (Wildman–Crippen LogP) is 2.70. The molecular formula is C15H24Br3N3O3. The fourth-order valence-corrected chi connectivity index (χ4v) is 3.54. The monoisotopic (exact) mass is 531 g/mol. The third-order valence-electron chi connectivity index (χ3n) is 3.68. The number of hydrogen-bond donors (Lipinski definition) is 0. The molecule has 1 aromatic rings. The van der Waals surface area contributed by atoms with Crippen molar-refractivity contribution in [1.82, 2.24) is 13.7 Å². The first-order valence-corrected chi connectivity index (χ1v) is 11.6. The number of rotatable bonds is 12. The summed E-state index contributed by atoms with van der Waals surface area (Å²) >= 11 is 10.0. The highest BCUT2D eigenvalue weighted by molar-refractivity contribution is 9.09. The lowest BCUT2D eigenvalue weighted by molar-refractivity contribution is 0.425. The van der Waals surface area contributed by atoms with Crippen LogP contribution >= 0.6 is 47.8 Å². The SMILES string of the molecule is O=c1n(CCCCBr)c(=O)n(CCCCBr)c(=O)n1CCCCBr. The molecule has 0 atom stereocenters. The van der Waals surface area contributed by atoms with Crippen LogP contribution in [0.15, 0.2) is 14.4 Å². The highest BCUT2D eigenvalue weighted by atomic mass is 79.9. The summed E-state index contributed by atoms with van der Waals surface area (Å²) in [6.45, 7) is 1.04. The molecule has 0 bridgehead atoms. The number of aromatic nitrogens is 3. The van der Waals surface area contributed by atoms with Crippen molar-refractivity contribution in [2.75, 3.05) is 16.0 Å². The standard InChI is InChI=1S/C15H24Br3N3O3/c16-7-1-4-10-19-13(22)20(11-5-2-8-17)15(24)21(14(19)23)12-6-3-9-18/h1-12H2. The Hall–Kier alpha value is -0.150. The molecule has 0 spiro atoms. The number of unbranched alkanes of at least 4 members (excludes halogenated alkanes) is 3. The number of hydrogen-bond acceptors (Lipinski definition) is 3. The van der Waals surface area contributed by atoms with Gasteiger partial charge in [0.1, 0.15) is 0 Å². The maximum atomic E-state index is 12.6. The third kappa shape index (κ3) is 6.29. The number of halogens is 3. The van der Waals surface area contributed by atoms with Crippen molar-refractivity contribution >= 4 is 47.8 Å². The molecule has 0 unspecified atom stereocenters. The molecule has 0 radical (unpaired) electrons. The van der Waals surface area contributed by atoms with E-state index in [2.05, 4.69) is 47.8 Å². The van der Waals surface area contributed by atoms with Gasteiger partial charge in [-0.15, -0.1) is 0 Å². The van der Waals surface area contributed by atoms with Crippen LogP contribution in [-0.4, -0.2) is 29.7 Å². The molecule has 9 heteroatoms. The van der Waals surface area contributed by atoms with Crippen LogP contribution in [0, 0.1) is 0 Å². The van der Waals surface area contributed by atoms with Gasteiger partial charge >= 0.3 is 17.1 Å². The van der Waals surface area contributed by atoms with E-state index >= 15 is 0 Å². The topological polar surface area (TPSA) is 66.0 Å². The van der Waals surface area contributed by atoms with Crippen LogP contribution in [0.1, 0.15) is 38.5 Å². The first-order valence-electron chi connectivity index (χ1n) is 8.20. The van der Waals surface area contributed by atoms with E-state index in [-0.39, 0.29) is 0 Å². The van der Waals surface area contributed by atoms with Crippen LogP contribution in [0.5, 0.6) is 0 Å². The minimum atomic E-state index is -0.481. The highest BCUT2D eigenvalue weighted by Gasteiger charge is 2.14. The van der Waals surface area contributed by atoms with Crippen LogP contribution in [0.2, 0.25) is 0 Å². The van der Waals surface area contributed by atoms with Gasteiger partial charge in [0.25, 0.3) is 0 Å². The summed E-state index contributed by atoms with van der Waals surface area (Å²) in [5, 5.41) is 2.48. The Morgan fingerprint density at radius 2 is 0.750 bits per heavy atom. The number of nitrogens with zero attached hydrogens (tertiary/aromatic N) is 3. The summed E-state index contributed by atoms with van der Waals surface area (Å²) in [5.41, 5.74) is -1.44. The molecule has 0 aliphatic heterocycles. The molecule has 0 N–H and O–H groups in total. The quantitative estimate of drug-likeness (QED) is 0.306. The second-order valence-electron chi connectivity index (χ2n) is 5.49. The Bertz CT molecular complexity index is 546. The van der Waals surface area contributed by atoms with Crippen molar-refractivity contribution in [2.45, 2.75) is 58.2 Å². The summed E-state index contributed by atoms with van der Waals surface area (Å²) in [5.74, 6) is 0. The summed E-state index contributed by atoms with van der Waals surface area (Å²) < 4.78 is 3.64. The fourth-order valence-electron chi connectivity index (χ4n) is 2.35. The highest BCUT2D eigenvalue weighted by Crippen LogP contribution is 1.98. The van der Waals surface area contributed by atoms with E-state index in [1.807, 2.05) is 0 Å². The fraction of sp³-hybridized carbons (Fsp3) is 0.800. The minimum absolute atomic E-state index is 0.348. The number of alkyl halides is 3. The van der Waals surface area contributed by atoms with Crippen LogP contribution < -0.4 is 17.1 Å². The van der Waals surface area contributed by atoms with Crippen molar-refractivity contribution < 1.29 is 0 Å². The summed E-state index contributed by atoms with van der Waals surface area (Å²) in [4.78, 5) is 37.7. The Labute approximate surface area is 166 Å². The smallest absolute Gasteiger partial charge is 0.247 e. The lowest BCUT2D eigenvalue weighted by atomic mass is 10.3. The zero-order valence-electron chi connectivity index (χ0n) is 13.7. The molecule has 1 aromatic heterocycles. The van der Waals surface area contributed by atoms with Gasteiger partial charge in [0.05, 0.1) is 0 Å². The van der Waals surface area contributed by atoms with Gasteiger partial charge in [-0.1, -0.05) is 47.8 Å². The Morgan fingerprint density at radius 3 is 0.958 bits per heavy atom. The van der Waals surface area contributed by atoms with E-state index < -0.39 is 17.1 Å². The average molecular weight is 534 g/mol. The molecule has 24 heavy (non-hydrogen) atoms. The normalized spacial score (nSPS) is 11.1. The van der Waals surface area contributed by atoms with E-state index in [4.69, 9.17) is 0 Å². The zero-order chi connectivity index (χ0) is 17.9. The molecule has 0 saturated heterocycles. The second kappa shape index (κ2) is 12.2. The maximum Gasteiger partial charge on any atom is 0.336 e.